The maximum atomic E-state index is 12.3. The van der Waals surface area contributed by atoms with Crippen molar-refractivity contribution in [3.05, 3.63) is 48.5 Å². The number of aromatic carboxylic acids is 1. The molecule has 0 unspecified atom stereocenters. The highest BCUT2D eigenvalue weighted by Crippen LogP contribution is 2.14. The van der Waals surface area contributed by atoms with Crippen molar-refractivity contribution in [2.24, 2.45) is 7.05 Å². The number of hydrogen-bond acceptors (Lipinski definition) is 4. The molecule has 0 fully saturated rings. The van der Waals surface area contributed by atoms with Crippen molar-refractivity contribution in [2.75, 3.05) is 6.54 Å². The van der Waals surface area contributed by atoms with Crippen molar-refractivity contribution >= 4 is 27.0 Å². The Balaban J connectivity index is 1.61. The van der Waals surface area contributed by atoms with Gasteiger partial charge in [-0.2, -0.15) is 0 Å². The molecule has 0 bridgehead atoms. The first-order valence-corrected chi connectivity index (χ1v) is 9.16. The summed E-state index contributed by atoms with van der Waals surface area (Å²) in [6.07, 6.45) is 3.60. The highest BCUT2D eigenvalue weighted by atomic mass is 32.2. The first-order valence-electron chi connectivity index (χ1n) is 7.68. The molecule has 0 spiro atoms. The molecule has 0 aliphatic heterocycles. The number of para-hydroxylation sites is 2. The molecule has 1 aromatic carbocycles. The third-order valence-electron chi connectivity index (χ3n) is 3.90. The van der Waals surface area contributed by atoms with Gasteiger partial charge in [0.2, 0.25) is 10.0 Å². The molecule has 2 aromatic heterocycles. The van der Waals surface area contributed by atoms with Crippen molar-refractivity contribution in [1.29, 1.82) is 0 Å². The van der Waals surface area contributed by atoms with Crippen LogP contribution in [0.1, 0.15) is 16.9 Å². The summed E-state index contributed by atoms with van der Waals surface area (Å²) in [5.41, 5.74) is 1.82. The van der Waals surface area contributed by atoms with Gasteiger partial charge in [0, 0.05) is 26.3 Å². The van der Waals surface area contributed by atoms with Gasteiger partial charge in [0.25, 0.3) is 0 Å². The van der Waals surface area contributed by atoms with Gasteiger partial charge in [0.15, 0.2) is 0 Å². The van der Waals surface area contributed by atoms with E-state index in [9.17, 15) is 13.2 Å². The van der Waals surface area contributed by atoms with E-state index in [1.54, 1.807) is 6.33 Å². The van der Waals surface area contributed by atoms with Crippen molar-refractivity contribution in [3.63, 3.8) is 0 Å². The van der Waals surface area contributed by atoms with E-state index in [0.29, 0.717) is 13.0 Å². The average molecular weight is 362 g/mol. The van der Waals surface area contributed by atoms with E-state index in [2.05, 4.69) is 9.71 Å². The minimum atomic E-state index is -3.74. The van der Waals surface area contributed by atoms with Crippen LogP contribution in [0.15, 0.2) is 47.8 Å². The summed E-state index contributed by atoms with van der Waals surface area (Å²) < 4.78 is 30.3. The normalized spacial score (nSPS) is 11.9. The molecule has 2 heterocycles. The molecule has 25 heavy (non-hydrogen) atoms. The number of rotatable bonds is 7. The maximum absolute atomic E-state index is 12.3. The zero-order chi connectivity index (χ0) is 18.0. The Hall–Kier alpha value is -2.65. The fourth-order valence-corrected chi connectivity index (χ4v) is 3.76. The molecule has 9 heteroatoms. The van der Waals surface area contributed by atoms with E-state index in [0.717, 1.165) is 17.1 Å². The van der Waals surface area contributed by atoms with Gasteiger partial charge in [0.05, 0.1) is 17.4 Å². The van der Waals surface area contributed by atoms with Crippen molar-refractivity contribution in [3.8, 4) is 0 Å². The fraction of sp³-hybridized carbons (Fsp3) is 0.250. The van der Waals surface area contributed by atoms with Gasteiger partial charge in [0.1, 0.15) is 10.6 Å². The monoisotopic (exact) mass is 362 g/mol. The number of nitrogens with one attached hydrogen (secondary N) is 1. The van der Waals surface area contributed by atoms with Crippen LogP contribution >= 0.6 is 0 Å². The van der Waals surface area contributed by atoms with Crippen molar-refractivity contribution < 1.29 is 18.3 Å². The summed E-state index contributed by atoms with van der Waals surface area (Å²) in [4.78, 5) is 15.2. The minimum absolute atomic E-state index is 0.0551. The second-order valence-electron chi connectivity index (χ2n) is 5.66. The van der Waals surface area contributed by atoms with Gasteiger partial charge >= 0.3 is 5.97 Å². The van der Waals surface area contributed by atoms with E-state index in [-0.39, 0.29) is 17.1 Å². The van der Waals surface area contributed by atoms with Crippen LogP contribution in [0.4, 0.5) is 0 Å². The predicted molar refractivity (Wildman–Crippen MR) is 91.9 cm³/mol. The second-order valence-corrected chi connectivity index (χ2v) is 7.42. The minimum Gasteiger partial charge on any atom is -0.477 e. The molecule has 0 radical (unpaired) electrons. The standard InChI is InChI=1S/C16H18N4O4S/c1-19-10-12(9-15(19)16(21)22)25(23,24)18-7-4-8-20-11-17-13-5-2-3-6-14(13)20/h2-3,5-6,9-11,18H,4,7-8H2,1H3,(H,21,22). The van der Waals surface area contributed by atoms with Gasteiger partial charge in [-0.1, -0.05) is 12.1 Å². The molecule has 0 saturated heterocycles. The van der Waals surface area contributed by atoms with E-state index in [1.165, 1.54) is 17.8 Å². The number of carboxylic acids is 1. The highest BCUT2D eigenvalue weighted by molar-refractivity contribution is 7.89. The molecule has 132 valence electrons. The number of carboxylic acid groups (broad SMARTS) is 1. The SMILES string of the molecule is Cn1cc(S(=O)(=O)NCCCn2cnc3ccccc32)cc1C(=O)O. The lowest BCUT2D eigenvalue weighted by Gasteiger charge is -2.06. The Morgan fingerprint density at radius 3 is 2.80 bits per heavy atom. The van der Waals surface area contributed by atoms with Crippen molar-refractivity contribution in [2.45, 2.75) is 17.9 Å². The first kappa shape index (κ1) is 17.2. The summed E-state index contributed by atoms with van der Waals surface area (Å²) in [5.74, 6) is -1.17. The summed E-state index contributed by atoms with van der Waals surface area (Å²) in [7, 11) is -2.25. The van der Waals surface area contributed by atoms with Crippen LogP contribution in [-0.2, 0) is 23.6 Å². The van der Waals surface area contributed by atoms with Crippen LogP contribution in [0.25, 0.3) is 11.0 Å². The van der Waals surface area contributed by atoms with Gasteiger partial charge in [-0.15, -0.1) is 0 Å². The Kier molecular flexibility index (Phi) is 4.60. The molecule has 0 aliphatic rings. The van der Waals surface area contributed by atoms with Crippen LogP contribution in [0, 0.1) is 0 Å². The Labute approximate surface area is 144 Å². The predicted octanol–water partition coefficient (Wildman–Crippen LogP) is 1.44. The van der Waals surface area contributed by atoms with E-state index >= 15 is 0 Å². The third-order valence-corrected chi connectivity index (χ3v) is 5.33. The summed E-state index contributed by atoms with van der Waals surface area (Å²) in [6, 6.07) is 8.87. The number of nitrogens with zero attached hydrogens (tertiary/aromatic N) is 3. The third kappa shape index (κ3) is 3.57. The largest absolute Gasteiger partial charge is 0.477 e. The molecule has 3 aromatic rings. The number of carbonyl (C=O) groups is 1. The summed E-state index contributed by atoms with van der Waals surface area (Å²) in [6.45, 7) is 0.865. The second kappa shape index (κ2) is 6.69. The van der Waals surface area contributed by atoms with E-state index < -0.39 is 16.0 Å². The number of aromatic nitrogens is 3. The molecular formula is C16H18N4O4S. The van der Waals surface area contributed by atoms with Crippen LogP contribution < -0.4 is 4.72 Å². The number of imidazole rings is 1. The molecule has 0 aliphatic carbocycles. The number of benzene rings is 1. The maximum Gasteiger partial charge on any atom is 0.352 e. The van der Waals surface area contributed by atoms with Crippen LogP contribution in [0.3, 0.4) is 0 Å². The molecule has 8 nitrogen and oxygen atoms in total. The summed E-state index contributed by atoms with van der Waals surface area (Å²) >= 11 is 0. The average Bonchev–Trinajstić information content (AvgIpc) is 3.16. The lowest BCUT2D eigenvalue weighted by molar-refractivity contribution is 0.0686. The Bertz CT molecular complexity index is 1020. The number of hydrogen-bond donors (Lipinski definition) is 2. The van der Waals surface area contributed by atoms with Gasteiger partial charge < -0.3 is 14.2 Å². The molecule has 3 rings (SSSR count). The Morgan fingerprint density at radius 1 is 1.32 bits per heavy atom. The van der Waals surface area contributed by atoms with Crippen LogP contribution in [0.5, 0.6) is 0 Å². The number of aryl methyl sites for hydroxylation is 2. The molecule has 2 N–H and O–H groups in total. The molecular weight excluding hydrogens is 344 g/mol. The molecule has 0 atom stereocenters. The summed E-state index contributed by atoms with van der Waals surface area (Å²) in [5, 5.41) is 9.01. The van der Waals surface area contributed by atoms with Crippen molar-refractivity contribution in [1.82, 2.24) is 18.8 Å². The van der Waals surface area contributed by atoms with Crippen LogP contribution in [-0.4, -0.2) is 40.2 Å². The van der Waals surface area contributed by atoms with Gasteiger partial charge in [-0.05, 0) is 24.6 Å². The molecule has 0 saturated carbocycles. The molecule has 0 amide bonds. The quantitative estimate of drug-likeness (QED) is 0.619. The topological polar surface area (TPSA) is 106 Å². The lowest BCUT2D eigenvalue weighted by Crippen LogP contribution is -2.25. The zero-order valence-corrected chi connectivity index (χ0v) is 14.4. The lowest BCUT2D eigenvalue weighted by atomic mass is 10.3. The smallest absolute Gasteiger partial charge is 0.352 e. The van der Waals surface area contributed by atoms with E-state index in [1.807, 2.05) is 28.8 Å². The first-order chi connectivity index (χ1) is 11.9. The fourth-order valence-electron chi connectivity index (χ4n) is 2.62. The van der Waals surface area contributed by atoms with Gasteiger partial charge in [-0.25, -0.2) is 22.9 Å². The highest BCUT2D eigenvalue weighted by Gasteiger charge is 2.19. The number of sulfonamides is 1. The Morgan fingerprint density at radius 2 is 2.08 bits per heavy atom. The number of fused-ring (bicyclic) bond motifs is 1. The van der Waals surface area contributed by atoms with Gasteiger partial charge in [-0.3, -0.25) is 0 Å². The zero-order valence-electron chi connectivity index (χ0n) is 13.6. The van der Waals surface area contributed by atoms with E-state index in [4.69, 9.17) is 5.11 Å². The van der Waals surface area contributed by atoms with Crippen LogP contribution in [0.2, 0.25) is 0 Å².